The van der Waals surface area contributed by atoms with Crippen molar-refractivity contribution in [2.75, 3.05) is 36.9 Å². The lowest BCUT2D eigenvalue weighted by Gasteiger charge is -2.41. The van der Waals surface area contributed by atoms with Crippen LogP contribution in [0.15, 0.2) is 22.8 Å². The summed E-state index contributed by atoms with van der Waals surface area (Å²) in [5.41, 5.74) is 0.609. The lowest BCUT2D eigenvalue weighted by molar-refractivity contribution is -0.141. The standard InChI is InChI=1S/C24H25F2N9O4S/c1-11(36)6-34-21(38)17-18(32(3)23(34)39)29-10-35(17)12(2)19(37)30-16-9-40-20(31-16)13-4-27-22(28-5-13)33-7-14-15(8-33)24(14,25)26/h4-5,9-10,12,14-15,17-18H,6-8H2,1-3H3,(H,30,37)/t12-,14?,15?,17?,18?/m0/s1. The van der Waals surface area contributed by atoms with Gasteiger partial charge in [-0.15, -0.1) is 11.3 Å². The maximum absolute atomic E-state index is 13.5. The molecule has 4 unspecified atom stereocenters. The van der Waals surface area contributed by atoms with Crippen molar-refractivity contribution in [2.45, 2.75) is 38.0 Å². The maximum Gasteiger partial charge on any atom is 0.328 e. The van der Waals surface area contributed by atoms with E-state index in [1.165, 1.54) is 41.4 Å². The Bertz CT molecular complexity index is 1420. The third-order valence-electron chi connectivity index (χ3n) is 7.74. The number of urea groups is 1. The summed E-state index contributed by atoms with van der Waals surface area (Å²) in [7, 11) is 1.49. The summed E-state index contributed by atoms with van der Waals surface area (Å²) in [5.74, 6) is -4.54. The fourth-order valence-electron chi connectivity index (χ4n) is 5.38. The smallest absolute Gasteiger partial charge is 0.328 e. The Hall–Kier alpha value is -4.08. The highest BCUT2D eigenvalue weighted by Crippen LogP contribution is 2.59. The molecule has 0 aromatic carbocycles. The molecule has 1 aliphatic carbocycles. The van der Waals surface area contributed by atoms with Crippen molar-refractivity contribution in [3.8, 4) is 10.6 Å². The Kier molecular flexibility index (Phi) is 6.05. The highest BCUT2D eigenvalue weighted by atomic mass is 32.1. The van der Waals surface area contributed by atoms with Crippen LogP contribution in [0.2, 0.25) is 0 Å². The zero-order valence-electron chi connectivity index (χ0n) is 21.7. The van der Waals surface area contributed by atoms with Gasteiger partial charge in [0.1, 0.15) is 22.7 Å². The van der Waals surface area contributed by atoms with Crippen molar-refractivity contribution in [1.29, 1.82) is 0 Å². The van der Waals surface area contributed by atoms with E-state index in [1.54, 1.807) is 29.6 Å². The van der Waals surface area contributed by atoms with Gasteiger partial charge in [0, 0.05) is 43.5 Å². The first-order chi connectivity index (χ1) is 19.0. The number of hydrogen-bond acceptors (Lipinski definition) is 11. The summed E-state index contributed by atoms with van der Waals surface area (Å²) in [4.78, 5) is 73.1. The predicted octanol–water partition coefficient (Wildman–Crippen LogP) is 1.15. The normalized spacial score (nSPS) is 27.1. The second kappa shape index (κ2) is 9.25. The van der Waals surface area contributed by atoms with Crippen molar-refractivity contribution in [1.82, 2.24) is 29.7 Å². The number of piperidine rings is 1. The van der Waals surface area contributed by atoms with Crippen LogP contribution in [-0.2, 0) is 14.4 Å². The fourth-order valence-corrected chi connectivity index (χ4v) is 6.11. The number of carbonyl (C=O) groups is 4. The lowest BCUT2D eigenvalue weighted by atomic mass is 10.1. The molecule has 13 nitrogen and oxygen atoms in total. The zero-order chi connectivity index (χ0) is 28.5. The van der Waals surface area contributed by atoms with Crippen LogP contribution in [0, 0.1) is 11.8 Å². The topological polar surface area (TPSA) is 144 Å². The molecule has 16 heteroatoms. The Morgan fingerprint density at radius 2 is 1.88 bits per heavy atom. The largest absolute Gasteiger partial charge is 0.340 e. The SMILES string of the molecule is CC(=O)CN1C(=O)C2C(N=CN2[C@@H](C)C(=O)Nc2csc(-c3cnc(N4CC5C(C4)C5(F)F)nc3)n2)N(C)C1=O. The first kappa shape index (κ1) is 26.2. The average molecular weight is 574 g/mol. The fraction of sp³-hybridized carbons (Fsp3) is 0.500. The number of alkyl halides is 2. The third kappa shape index (κ3) is 4.17. The number of aliphatic imine (C=N–C) groups is 1. The van der Waals surface area contributed by atoms with Crippen molar-refractivity contribution in [3.05, 3.63) is 17.8 Å². The molecule has 4 aliphatic rings. The van der Waals surface area contributed by atoms with Gasteiger partial charge in [0.05, 0.1) is 24.7 Å². The van der Waals surface area contributed by atoms with E-state index < -0.39 is 53.9 Å². The molecular formula is C24H25F2N9O4S. The molecule has 1 saturated carbocycles. The van der Waals surface area contributed by atoms with Gasteiger partial charge < -0.3 is 20.0 Å². The molecule has 210 valence electrons. The number of likely N-dealkylation sites (N-methyl/N-ethyl adjacent to an activating group) is 1. The summed E-state index contributed by atoms with van der Waals surface area (Å²) >= 11 is 1.26. The maximum atomic E-state index is 13.5. The summed E-state index contributed by atoms with van der Waals surface area (Å²) in [5, 5.41) is 4.94. The molecule has 3 aliphatic heterocycles. The molecule has 0 spiro atoms. The summed E-state index contributed by atoms with van der Waals surface area (Å²) in [6, 6.07) is -2.42. The van der Waals surface area contributed by atoms with Crippen molar-refractivity contribution in [3.63, 3.8) is 0 Å². The van der Waals surface area contributed by atoms with Gasteiger partial charge in [0.25, 0.3) is 11.8 Å². The number of rotatable bonds is 7. The van der Waals surface area contributed by atoms with E-state index in [1.807, 2.05) is 0 Å². The summed E-state index contributed by atoms with van der Waals surface area (Å²) in [6.07, 6.45) is 3.69. The van der Waals surface area contributed by atoms with Crippen LogP contribution in [0.3, 0.4) is 0 Å². The van der Waals surface area contributed by atoms with Crippen molar-refractivity contribution >= 4 is 53.1 Å². The second-order valence-corrected chi connectivity index (χ2v) is 11.2. The van der Waals surface area contributed by atoms with Gasteiger partial charge in [-0.05, 0) is 13.8 Å². The van der Waals surface area contributed by atoms with Gasteiger partial charge in [-0.3, -0.25) is 19.3 Å². The number of nitrogens with one attached hydrogen (secondary N) is 1. The van der Waals surface area contributed by atoms with Gasteiger partial charge in [0.2, 0.25) is 11.9 Å². The number of fused-ring (bicyclic) bond motifs is 2. The highest BCUT2D eigenvalue weighted by molar-refractivity contribution is 7.13. The Morgan fingerprint density at radius 1 is 1.20 bits per heavy atom. The molecule has 5 atom stereocenters. The molecule has 2 aromatic rings. The molecule has 4 amide bonds. The Balaban J connectivity index is 1.10. The number of amides is 4. The zero-order valence-corrected chi connectivity index (χ0v) is 22.5. The van der Waals surface area contributed by atoms with Crippen LogP contribution in [0.5, 0.6) is 0 Å². The van der Waals surface area contributed by atoms with E-state index in [2.05, 4.69) is 25.3 Å². The first-order valence-corrected chi connectivity index (χ1v) is 13.4. The molecule has 0 bridgehead atoms. The van der Waals surface area contributed by atoms with Crippen LogP contribution >= 0.6 is 11.3 Å². The number of nitrogens with zero attached hydrogens (tertiary/aromatic N) is 8. The molecule has 6 rings (SSSR count). The molecule has 2 saturated heterocycles. The molecule has 40 heavy (non-hydrogen) atoms. The summed E-state index contributed by atoms with van der Waals surface area (Å²) in [6.45, 7) is 2.99. The number of ketones is 1. The minimum atomic E-state index is -2.57. The molecule has 0 radical (unpaired) electrons. The van der Waals surface area contributed by atoms with Gasteiger partial charge in [-0.2, -0.15) is 0 Å². The monoisotopic (exact) mass is 573 g/mol. The molecule has 3 fully saturated rings. The second-order valence-electron chi connectivity index (χ2n) is 10.4. The van der Waals surface area contributed by atoms with Crippen molar-refractivity contribution < 1.29 is 28.0 Å². The van der Waals surface area contributed by atoms with Crippen LogP contribution in [-0.4, -0.2) is 110 Å². The van der Waals surface area contributed by atoms with E-state index in [0.29, 0.717) is 16.5 Å². The first-order valence-electron chi connectivity index (χ1n) is 12.6. The minimum absolute atomic E-state index is 0.235. The number of imide groups is 1. The number of carbonyl (C=O) groups excluding carboxylic acids is 4. The average Bonchev–Trinajstić information content (AvgIpc) is 3.51. The van der Waals surface area contributed by atoms with Gasteiger partial charge in [-0.25, -0.2) is 33.5 Å². The lowest BCUT2D eigenvalue weighted by Crippen LogP contribution is -2.66. The number of Topliss-reactive ketones (excluding diaryl/α,β-unsaturated/α-hetero) is 1. The van der Waals surface area contributed by atoms with Gasteiger partial charge in [0.15, 0.2) is 12.2 Å². The van der Waals surface area contributed by atoms with Gasteiger partial charge in [-0.1, -0.05) is 0 Å². The predicted molar refractivity (Wildman–Crippen MR) is 139 cm³/mol. The Morgan fingerprint density at radius 3 is 2.52 bits per heavy atom. The highest BCUT2D eigenvalue weighted by Gasteiger charge is 2.72. The molecule has 5 heterocycles. The van der Waals surface area contributed by atoms with Crippen LogP contribution < -0.4 is 10.2 Å². The van der Waals surface area contributed by atoms with Crippen molar-refractivity contribution in [2.24, 2.45) is 16.8 Å². The number of aromatic nitrogens is 3. The van der Waals surface area contributed by atoms with Gasteiger partial charge >= 0.3 is 6.03 Å². The van der Waals surface area contributed by atoms with E-state index in [9.17, 15) is 28.0 Å². The van der Waals surface area contributed by atoms with E-state index in [-0.39, 0.29) is 31.2 Å². The quantitative estimate of drug-likeness (QED) is 0.516. The number of hydrogen-bond donors (Lipinski definition) is 1. The number of thiazole rings is 1. The molecule has 2 aromatic heterocycles. The van der Waals surface area contributed by atoms with Crippen LogP contribution in [0.25, 0.3) is 10.6 Å². The van der Waals surface area contributed by atoms with E-state index in [0.717, 1.165) is 4.90 Å². The van der Waals surface area contributed by atoms with E-state index >= 15 is 0 Å². The molecular weight excluding hydrogens is 548 g/mol. The minimum Gasteiger partial charge on any atom is -0.340 e. The number of halogens is 2. The number of anilines is 2. The summed E-state index contributed by atoms with van der Waals surface area (Å²) < 4.78 is 26.9. The van der Waals surface area contributed by atoms with Crippen LogP contribution in [0.1, 0.15) is 13.8 Å². The van der Waals surface area contributed by atoms with Crippen LogP contribution in [0.4, 0.5) is 25.3 Å². The molecule has 1 N–H and O–H groups in total. The van der Waals surface area contributed by atoms with E-state index in [4.69, 9.17) is 0 Å². The Labute approximate surface area is 230 Å². The third-order valence-corrected chi connectivity index (χ3v) is 8.63.